The highest BCUT2D eigenvalue weighted by Gasteiger charge is 2.20. The first-order valence-electron chi connectivity index (χ1n) is 3.53. The summed E-state index contributed by atoms with van der Waals surface area (Å²) in [6, 6.07) is 1.66. The molecule has 74 valence electrons. The topological polar surface area (TPSA) is 36.7 Å². The van der Waals surface area contributed by atoms with E-state index in [1.54, 1.807) is 6.07 Å². The molecule has 0 aliphatic heterocycles. The Hall–Kier alpha value is -0.730. The van der Waals surface area contributed by atoms with Crippen molar-refractivity contribution in [1.29, 1.82) is 5.26 Å². The molecule has 0 fully saturated rings. The van der Waals surface area contributed by atoms with Gasteiger partial charge in [-0.25, -0.2) is 13.8 Å². The van der Waals surface area contributed by atoms with Gasteiger partial charge in [0.15, 0.2) is 0 Å². The van der Waals surface area contributed by atoms with Crippen LogP contribution in [-0.2, 0) is 5.33 Å². The average molecular weight is 281 g/mol. The highest BCUT2D eigenvalue weighted by atomic mass is 79.9. The minimum absolute atomic E-state index is 0.00354. The van der Waals surface area contributed by atoms with E-state index in [0.717, 1.165) is 6.20 Å². The zero-order chi connectivity index (χ0) is 10.7. The molecule has 1 aromatic rings. The first-order valence-corrected chi connectivity index (χ1v) is 5.03. The lowest BCUT2D eigenvalue weighted by atomic mass is 10.1. The number of pyridine rings is 1. The number of halogens is 4. The SMILES string of the molecule is N#Cc1cnc(Cl)c(CBr)c1C(F)F. The molecule has 0 unspecified atom stereocenters. The van der Waals surface area contributed by atoms with Gasteiger partial charge in [-0.1, -0.05) is 27.5 Å². The van der Waals surface area contributed by atoms with Gasteiger partial charge >= 0.3 is 0 Å². The standard InChI is InChI=1S/C8H4BrClF2N2/c9-1-5-6(8(11)12)4(2-13)3-14-7(5)10/h3,8H,1H2. The van der Waals surface area contributed by atoms with E-state index < -0.39 is 6.43 Å². The van der Waals surface area contributed by atoms with Gasteiger partial charge in [-0.15, -0.1) is 0 Å². The molecular weight excluding hydrogens is 277 g/mol. The fraction of sp³-hybridized carbons (Fsp3) is 0.250. The summed E-state index contributed by atoms with van der Waals surface area (Å²) in [6.07, 6.45) is -1.67. The molecule has 2 nitrogen and oxygen atoms in total. The maximum Gasteiger partial charge on any atom is 0.265 e. The minimum atomic E-state index is -2.72. The Labute approximate surface area is 92.6 Å². The number of nitrogens with zero attached hydrogens (tertiary/aromatic N) is 2. The maximum atomic E-state index is 12.6. The molecule has 0 aliphatic carbocycles. The van der Waals surface area contributed by atoms with Crippen LogP contribution in [0.3, 0.4) is 0 Å². The van der Waals surface area contributed by atoms with E-state index in [1.807, 2.05) is 0 Å². The summed E-state index contributed by atoms with van der Waals surface area (Å²) >= 11 is 8.64. The number of alkyl halides is 3. The summed E-state index contributed by atoms with van der Waals surface area (Å²) in [4.78, 5) is 3.64. The molecule has 0 aliphatic rings. The quantitative estimate of drug-likeness (QED) is 0.615. The summed E-state index contributed by atoms with van der Waals surface area (Å²) in [5.74, 6) is 0. The Kier molecular flexibility index (Phi) is 3.78. The Bertz CT molecular complexity index is 390. The van der Waals surface area contributed by atoms with Gasteiger partial charge in [-0.3, -0.25) is 0 Å². The molecule has 0 atom stereocenters. The molecule has 0 amide bonds. The third-order valence-corrected chi connectivity index (χ3v) is 2.53. The first kappa shape index (κ1) is 11.3. The second-order valence-corrected chi connectivity index (χ2v) is 3.32. The van der Waals surface area contributed by atoms with Crippen LogP contribution >= 0.6 is 27.5 Å². The van der Waals surface area contributed by atoms with Gasteiger partial charge in [0.2, 0.25) is 0 Å². The molecule has 0 saturated heterocycles. The number of hydrogen-bond donors (Lipinski definition) is 0. The average Bonchev–Trinajstić information content (AvgIpc) is 2.17. The van der Waals surface area contributed by atoms with Crippen LogP contribution < -0.4 is 0 Å². The summed E-state index contributed by atoms with van der Waals surface area (Å²) in [5.41, 5.74) is -0.316. The van der Waals surface area contributed by atoms with Gasteiger partial charge in [-0.05, 0) is 0 Å². The van der Waals surface area contributed by atoms with Crippen LogP contribution in [0.2, 0.25) is 5.15 Å². The lowest BCUT2D eigenvalue weighted by Gasteiger charge is -2.08. The van der Waals surface area contributed by atoms with Crippen molar-refractivity contribution < 1.29 is 8.78 Å². The Morgan fingerprint density at radius 1 is 1.64 bits per heavy atom. The van der Waals surface area contributed by atoms with Gasteiger partial charge in [0.1, 0.15) is 11.2 Å². The highest BCUT2D eigenvalue weighted by molar-refractivity contribution is 9.08. The van der Waals surface area contributed by atoms with Crippen molar-refractivity contribution in [2.75, 3.05) is 0 Å². The monoisotopic (exact) mass is 280 g/mol. The molecule has 1 aromatic heterocycles. The largest absolute Gasteiger partial charge is 0.265 e. The molecule has 0 bridgehead atoms. The number of rotatable bonds is 2. The summed E-state index contributed by atoms with van der Waals surface area (Å²) < 4.78 is 25.2. The van der Waals surface area contributed by atoms with Crippen molar-refractivity contribution in [2.45, 2.75) is 11.8 Å². The molecule has 0 aromatic carbocycles. The van der Waals surface area contributed by atoms with Crippen molar-refractivity contribution >= 4 is 27.5 Å². The molecule has 14 heavy (non-hydrogen) atoms. The van der Waals surface area contributed by atoms with E-state index in [-0.39, 0.29) is 27.2 Å². The van der Waals surface area contributed by atoms with Gasteiger partial charge in [0, 0.05) is 22.7 Å². The first-order chi connectivity index (χ1) is 6.61. The fourth-order valence-electron chi connectivity index (χ4n) is 1.01. The normalized spacial score (nSPS) is 10.3. The zero-order valence-corrected chi connectivity index (χ0v) is 9.11. The Morgan fingerprint density at radius 2 is 2.29 bits per heavy atom. The lowest BCUT2D eigenvalue weighted by Crippen LogP contribution is -1.99. The van der Waals surface area contributed by atoms with Crippen molar-refractivity contribution in [2.24, 2.45) is 0 Å². The van der Waals surface area contributed by atoms with E-state index in [2.05, 4.69) is 20.9 Å². The van der Waals surface area contributed by atoms with Crippen molar-refractivity contribution in [3.05, 3.63) is 28.0 Å². The minimum Gasteiger partial charge on any atom is -0.243 e. The van der Waals surface area contributed by atoms with Crippen LogP contribution in [0, 0.1) is 11.3 Å². The van der Waals surface area contributed by atoms with Crippen LogP contribution in [-0.4, -0.2) is 4.98 Å². The molecule has 1 rings (SSSR count). The predicted molar refractivity (Wildman–Crippen MR) is 51.6 cm³/mol. The molecule has 0 N–H and O–H groups in total. The molecule has 0 radical (unpaired) electrons. The maximum absolute atomic E-state index is 12.6. The summed E-state index contributed by atoms with van der Waals surface area (Å²) in [5, 5.41) is 8.74. The molecule has 0 saturated carbocycles. The highest BCUT2D eigenvalue weighted by Crippen LogP contribution is 2.31. The summed E-state index contributed by atoms with van der Waals surface area (Å²) in [6.45, 7) is 0. The molecule has 1 heterocycles. The van der Waals surface area contributed by atoms with E-state index in [4.69, 9.17) is 16.9 Å². The third-order valence-electron chi connectivity index (χ3n) is 1.64. The van der Waals surface area contributed by atoms with Gasteiger partial charge < -0.3 is 0 Å². The van der Waals surface area contributed by atoms with Crippen LogP contribution in [0.5, 0.6) is 0 Å². The van der Waals surface area contributed by atoms with Gasteiger partial charge in [0.25, 0.3) is 6.43 Å². The number of hydrogen-bond acceptors (Lipinski definition) is 2. The second-order valence-electron chi connectivity index (χ2n) is 2.40. The van der Waals surface area contributed by atoms with E-state index in [9.17, 15) is 8.78 Å². The summed E-state index contributed by atoms with van der Waals surface area (Å²) in [7, 11) is 0. The Balaban J connectivity index is 3.46. The number of nitriles is 1. The third kappa shape index (κ3) is 2.02. The molecular formula is C8H4BrClF2N2. The Morgan fingerprint density at radius 3 is 2.71 bits per heavy atom. The number of aromatic nitrogens is 1. The smallest absolute Gasteiger partial charge is 0.243 e. The van der Waals surface area contributed by atoms with Crippen molar-refractivity contribution in [1.82, 2.24) is 4.98 Å². The fourth-order valence-corrected chi connectivity index (χ4v) is 1.95. The zero-order valence-electron chi connectivity index (χ0n) is 6.77. The van der Waals surface area contributed by atoms with E-state index in [1.165, 1.54) is 0 Å². The second kappa shape index (κ2) is 4.67. The van der Waals surface area contributed by atoms with Gasteiger partial charge in [0.05, 0.1) is 5.56 Å². The van der Waals surface area contributed by atoms with Gasteiger partial charge in [-0.2, -0.15) is 5.26 Å². The lowest BCUT2D eigenvalue weighted by molar-refractivity contribution is 0.150. The van der Waals surface area contributed by atoms with Crippen LogP contribution in [0.4, 0.5) is 8.78 Å². The van der Waals surface area contributed by atoms with Crippen LogP contribution in [0.15, 0.2) is 6.20 Å². The molecule has 0 spiro atoms. The molecule has 6 heteroatoms. The predicted octanol–water partition coefficient (Wildman–Crippen LogP) is 3.44. The van der Waals surface area contributed by atoms with E-state index >= 15 is 0 Å². The van der Waals surface area contributed by atoms with E-state index in [0.29, 0.717) is 0 Å². The van der Waals surface area contributed by atoms with Crippen LogP contribution in [0.25, 0.3) is 0 Å². The van der Waals surface area contributed by atoms with Crippen molar-refractivity contribution in [3.63, 3.8) is 0 Å². The van der Waals surface area contributed by atoms with Crippen LogP contribution in [0.1, 0.15) is 23.1 Å². The van der Waals surface area contributed by atoms with Crippen molar-refractivity contribution in [3.8, 4) is 6.07 Å².